The van der Waals surface area contributed by atoms with Crippen LogP contribution in [0.2, 0.25) is 0 Å². The van der Waals surface area contributed by atoms with E-state index in [1.165, 1.54) is 51.4 Å². The van der Waals surface area contributed by atoms with E-state index in [1.54, 1.807) is 0 Å². The molecule has 0 spiro atoms. The summed E-state index contributed by atoms with van der Waals surface area (Å²) in [6.07, 6.45) is 77.9. The van der Waals surface area contributed by atoms with Gasteiger partial charge in [-0.15, -0.1) is 0 Å². The number of phosphoric acid groups is 2. The summed E-state index contributed by atoms with van der Waals surface area (Å²) in [5, 5.41) is 10.6. The average molecular weight is 1450 g/mol. The summed E-state index contributed by atoms with van der Waals surface area (Å²) in [5.74, 6) is -2.22. The molecule has 19 heteroatoms. The first-order valence-electron chi connectivity index (χ1n) is 39.1. The second-order valence-corrected chi connectivity index (χ2v) is 28.8. The number of phosphoric ester groups is 2. The summed E-state index contributed by atoms with van der Waals surface area (Å²) in [4.78, 5) is 72.9. The van der Waals surface area contributed by atoms with Crippen molar-refractivity contribution in [3.05, 3.63) is 109 Å². The molecular formula is C81H140O17P2. The highest BCUT2D eigenvalue weighted by Crippen LogP contribution is 2.45. The molecule has 5 unspecified atom stereocenters. The smallest absolute Gasteiger partial charge is 0.462 e. The van der Waals surface area contributed by atoms with Crippen LogP contribution in [0.5, 0.6) is 0 Å². The normalized spacial score (nSPS) is 14.5. The Kier molecular flexibility index (Phi) is 69.9. The molecule has 17 nitrogen and oxygen atoms in total. The van der Waals surface area contributed by atoms with Crippen LogP contribution in [0.15, 0.2) is 109 Å². The molecule has 0 saturated heterocycles. The monoisotopic (exact) mass is 1450 g/mol. The van der Waals surface area contributed by atoms with Crippen molar-refractivity contribution < 1.29 is 80.2 Å². The molecule has 0 aromatic rings. The second-order valence-electron chi connectivity index (χ2n) is 25.9. The number of esters is 4. The molecule has 5 atom stereocenters. The maximum absolute atomic E-state index is 13.1. The topological polar surface area (TPSA) is 237 Å². The van der Waals surface area contributed by atoms with Crippen molar-refractivity contribution in [2.75, 3.05) is 39.6 Å². The molecule has 0 heterocycles. The largest absolute Gasteiger partial charge is 0.472 e. The maximum Gasteiger partial charge on any atom is 0.472 e. The summed E-state index contributed by atoms with van der Waals surface area (Å²) in [7, 11) is -9.96. The van der Waals surface area contributed by atoms with Gasteiger partial charge in [-0.2, -0.15) is 0 Å². The van der Waals surface area contributed by atoms with Crippen LogP contribution in [0.3, 0.4) is 0 Å². The standard InChI is InChI=1S/C81H140O17P2/c1-5-9-13-17-21-25-29-32-35-36-37-38-41-43-47-50-54-58-62-66-79(84)91-71-76(97-80(85)67-63-59-55-51-45-28-24-20-16-12-8-4)73-95-99(87,88)93-69-75(82)70-94-100(89,90)96-74-77(98-81(86)68-64-60-56-52-48-44-40-34-31-27-23-19-15-11-7-3)72-92-78(83)65-61-57-53-49-46-42-39-33-30-26-22-18-14-10-6-2/h9-10,13-14,20-22,24-26,32-35,37-40,75-77,82H,5-8,11-12,15-19,23,27-31,36,41-74H2,1-4H3,(H,87,88)(H,89,90)/b13-9-,14-10-,24-20-,25-21-,26-22-,35-32-,38-37-,39-33-,40-34-. The van der Waals surface area contributed by atoms with Gasteiger partial charge in [0.15, 0.2) is 12.2 Å². The van der Waals surface area contributed by atoms with E-state index in [9.17, 15) is 43.2 Å². The minimum atomic E-state index is -4.98. The van der Waals surface area contributed by atoms with Crippen LogP contribution in [0.1, 0.15) is 323 Å². The zero-order chi connectivity index (χ0) is 73.2. The summed E-state index contributed by atoms with van der Waals surface area (Å²) in [6.45, 7) is 4.57. The van der Waals surface area contributed by atoms with E-state index in [-0.39, 0.29) is 25.7 Å². The van der Waals surface area contributed by atoms with Gasteiger partial charge in [-0.3, -0.25) is 37.3 Å². The van der Waals surface area contributed by atoms with E-state index in [0.717, 1.165) is 193 Å². The summed E-state index contributed by atoms with van der Waals surface area (Å²) in [5.41, 5.74) is 0. The average Bonchev–Trinajstić information content (AvgIpc) is 0.953. The van der Waals surface area contributed by atoms with Crippen molar-refractivity contribution in [3.63, 3.8) is 0 Å². The molecule has 0 fully saturated rings. The van der Waals surface area contributed by atoms with Crippen LogP contribution < -0.4 is 0 Å². The minimum Gasteiger partial charge on any atom is -0.462 e. The van der Waals surface area contributed by atoms with Crippen LogP contribution in [-0.4, -0.2) is 96.7 Å². The van der Waals surface area contributed by atoms with Gasteiger partial charge >= 0.3 is 39.5 Å². The molecule has 3 N–H and O–H groups in total. The number of unbranched alkanes of at least 4 members (excludes halogenated alkanes) is 29. The van der Waals surface area contributed by atoms with Gasteiger partial charge in [0.1, 0.15) is 19.3 Å². The highest BCUT2D eigenvalue weighted by Gasteiger charge is 2.30. The van der Waals surface area contributed by atoms with Crippen molar-refractivity contribution in [2.45, 2.75) is 341 Å². The first-order valence-corrected chi connectivity index (χ1v) is 42.1. The summed E-state index contributed by atoms with van der Waals surface area (Å²) < 4.78 is 68.5. The van der Waals surface area contributed by atoms with Gasteiger partial charge in [0, 0.05) is 25.7 Å². The predicted octanol–water partition coefficient (Wildman–Crippen LogP) is 22.6. The Bertz CT molecular complexity index is 2320. The van der Waals surface area contributed by atoms with Gasteiger partial charge in [0.05, 0.1) is 26.4 Å². The van der Waals surface area contributed by atoms with E-state index in [2.05, 4.69) is 137 Å². The number of carbonyl (C=O) groups excluding carboxylic acids is 4. The van der Waals surface area contributed by atoms with Gasteiger partial charge in [-0.25, -0.2) is 9.13 Å². The molecule has 0 saturated carbocycles. The maximum atomic E-state index is 13.1. The lowest BCUT2D eigenvalue weighted by Crippen LogP contribution is -2.30. The Morgan fingerprint density at radius 3 is 0.840 bits per heavy atom. The molecule has 0 radical (unpaired) electrons. The van der Waals surface area contributed by atoms with Gasteiger partial charge < -0.3 is 33.8 Å². The van der Waals surface area contributed by atoms with E-state index >= 15 is 0 Å². The predicted molar refractivity (Wildman–Crippen MR) is 408 cm³/mol. The number of rotatable bonds is 73. The lowest BCUT2D eigenvalue weighted by atomic mass is 10.1. The Labute approximate surface area is 607 Å². The minimum absolute atomic E-state index is 0.0798. The highest BCUT2D eigenvalue weighted by atomic mass is 31.2. The first-order chi connectivity index (χ1) is 48.7. The summed E-state index contributed by atoms with van der Waals surface area (Å²) in [6, 6.07) is 0. The number of aliphatic hydroxyl groups excluding tert-OH is 1. The third-order valence-electron chi connectivity index (χ3n) is 16.2. The molecule has 0 aromatic carbocycles. The summed E-state index contributed by atoms with van der Waals surface area (Å²) >= 11 is 0. The Hall–Kier alpha value is -4.28. The van der Waals surface area contributed by atoms with Crippen LogP contribution >= 0.6 is 15.6 Å². The third kappa shape index (κ3) is 72.1. The van der Waals surface area contributed by atoms with Gasteiger partial charge in [0.2, 0.25) is 0 Å². The van der Waals surface area contributed by atoms with Crippen molar-refractivity contribution in [1.29, 1.82) is 0 Å². The molecule has 576 valence electrons. The number of allylic oxidation sites excluding steroid dienone is 18. The molecule has 0 rings (SSSR count). The van der Waals surface area contributed by atoms with E-state index in [0.29, 0.717) is 25.7 Å². The van der Waals surface area contributed by atoms with Crippen molar-refractivity contribution in [3.8, 4) is 0 Å². The SMILES string of the molecule is CC/C=C\C/C=C\C/C=C\C/C=C\CCCCCCCCC(=O)OCC(COP(=O)(O)OCC(O)COP(=O)(O)OCC(COC(=O)CCCCCCC/C=C\C/C=C\C/C=C\CC)OC(=O)CCCCCCC/C=C\CCCCCCCC)OC(=O)CCCCCCC/C=C\CCCC. The quantitative estimate of drug-likeness (QED) is 0.0169. The number of ether oxygens (including phenoxy) is 4. The van der Waals surface area contributed by atoms with E-state index in [1.807, 2.05) is 0 Å². The zero-order valence-electron chi connectivity index (χ0n) is 62.8. The first kappa shape index (κ1) is 95.7. The number of carbonyl (C=O) groups is 4. The van der Waals surface area contributed by atoms with Crippen molar-refractivity contribution in [1.82, 2.24) is 0 Å². The molecule has 0 aliphatic carbocycles. The lowest BCUT2D eigenvalue weighted by Gasteiger charge is -2.21. The molecular weight excluding hydrogens is 1310 g/mol. The van der Waals surface area contributed by atoms with Gasteiger partial charge in [-0.05, 0) is 141 Å². The van der Waals surface area contributed by atoms with Crippen molar-refractivity contribution >= 4 is 39.5 Å². The fourth-order valence-electron chi connectivity index (χ4n) is 10.3. The molecule has 0 amide bonds. The van der Waals surface area contributed by atoms with Crippen LogP contribution in [0.4, 0.5) is 0 Å². The number of hydrogen-bond acceptors (Lipinski definition) is 15. The van der Waals surface area contributed by atoms with Crippen molar-refractivity contribution in [2.24, 2.45) is 0 Å². The Balaban J connectivity index is 5.33. The molecule has 0 aliphatic rings. The van der Waals surface area contributed by atoms with E-state index in [4.69, 9.17) is 37.0 Å². The molecule has 0 aromatic heterocycles. The lowest BCUT2D eigenvalue weighted by molar-refractivity contribution is -0.161. The highest BCUT2D eigenvalue weighted by molar-refractivity contribution is 7.47. The van der Waals surface area contributed by atoms with Crippen LogP contribution in [0.25, 0.3) is 0 Å². The van der Waals surface area contributed by atoms with E-state index < -0.39 is 97.5 Å². The van der Waals surface area contributed by atoms with Crippen LogP contribution in [0, 0.1) is 0 Å². The molecule has 0 bridgehead atoms. The Morgan fingerprint density at radius 1 is 0.290 bits per heavy atom. The molecule has 100 heavy (non-hydrogen) atoms. The van der Waals surface area contributed by atoms with Gasteiger partial charge in [-0.1, -0.05) is 265 Å². The third-order valence-corrected chi connectivity index (χ3v) is 18.1. The molecule has 0 aliphatic heterocycles. The number of aliphatic hydroxyl groups is 1. The fraction of sp³-hybridized carbons (Fsp3) is 0.728. The Morgan fingerprint density at radius 2 is 0.530 bits per heavy atom. The van der Waals surface area contributed by atoms with Gasteiger partial charge in [0.25, 0.3) is 0 Å². The second kappa shape index (κ2) is 73.0. The zero-order valence-corrected chi connectivity index (χ0v) is 64.6. The number of hydrogen-bond donors (Lipinski definition) is 3. The fourth-order valence-corrected chi connectivity index (χ4v) is 11.8. The van der Waals surface area contributed by atoms with Crippen LogP contribution in [-0.2, 0) is 65.4 Å².